The van der Waals surface area contributed by atoms with Gasteiger partial charge < -0.3 is 5.32 Å². The first-order valence-electron chi connectivity index (χ1n) is 8.55. The molecule has 0 atom stereocenters. The fraction of sp³-hybridized carbons (Fsp3) is 0.278. The van der Waals surface area contributed by atoms with Crippen molar-refractivity contribution in [3.63, 3.8) is 0 Å². The van der Waals surface area contributed by atoms with E-state index < -0.39 is 21.6 Å². The highest BCUT2D eigenvalue weighted by Gasteiger charge is 2.35. The molecule has 0 amide bonds. The fourth-order valence-corrected chi connectivity index (χ4v) is 3.64. The Kier molecular flexibility index (Phi) is 5.35. The number of hydrogen-bond donors (Lipinski definition) is 1. The van der Waals surface area contributed by atoms with Crippen molar-refractivity contribution in [3.8, 4) is 11.3 Å². The van der Waals surface area contributed by atoms with Gasteiger partial charge in [-0.05, 0) is 30.7 Å². The van der Waals surface area contributed by atoms with E-state index >= 15 is 0 Å². The molecule has 3 aromatic rings. The summed E-state index contributed by atoms with van der Waals surface area (Å²) in [6.45, 7) is 3.23. The number of anilines is 2. The van der Waals surface area contributed by atoms with Crippen LogP contribution in [-0.4, -0.2) is 33.9 Å². The topological polar surface area (TPSA) is 89.8 Å². The normalized spacial score (nSPS) is 12.2. The Morgan fingerprint density at radius 1 is 1.24 bits per heavy atom. The summed E-state index contributed by atoms with van der Waals surface area (Å²) in [5.41, 5.74) is -0.00243. The molecule has 1 aromatic carbocycles. The molecule has 11 heteroatoms. The SMILES string of the molecule is CCS(=O)(=O)c1ccc(Nc2ncc(C(F)(F)F)c(-c3cnn(C)c3)n2)c(C)c1.[HH]. The van der Waals surface area contributed by atoms with Gasteiger partial charge in [0.05, 0.1) is 22.5 Å². The van der Waals surface area contributed by atoms with Gasteiger partial charge in [0.1, 0.15) is 5.56 Å². The Morgan fingerprint density at radius 2 is 1.97 bits per heavy atom. The van der Waals surface area contributed by atoms with E-state index in [0.29, 0.717) is 17.4 Å². The van der Waals surface area contributed by atoms with Crippen molar-refractivity contribution < 1.29 is 23.0 Å². The summed E-state index contributed by atoms with van der Waals surface area (Å²) in [7, 11) is -1.78. The zero-order valence-corrected chi connectivity index (χ0v) is 16.6. The van der Waals surface area contributed by atoms with Gasteiger partial charge in [-0.1, -0.05) is 6.92 Å². The third kappa shape index (κ3) is 4.39. The minimum Gasteiger partial charge on any atom is -0.324 e. The van der Waals surface area contributed by atoms with E-state index in [0.717, 1.165) is 0 Å². The Hall–Kier alpha value is -2.95. The first-order chi connectivity index (χ1) is 13.5. The molecule has 0 bridgehead atoms. The lowest BCUT2D eigenvalue weighted by Gasteiger charge is -2.14. The van der Waals surface area contributed by atoms with E-state index in [1.165, 1.54) is 35.3 Å². The number of benzene rings is 1. The van der Waals surface area contributed by atoms with E-state index in [2.05, 4.69) is 20.4 Å². The molecular formula is C18H20F3N5O2S. The molecule has 0 aliphatic carbocycles. The van der Waals surface area contributed by atoms with Gasteiger partial charge in [-0.15, -0.1) is 0 Å². The molecule has 0 saturated heterocycles. The maximum Gasteiger partial charge on any atom is 0.419 e. The summed E-state index contributed by atoms with van der Waals surface area (Å²) in [5, 5.41) is 6.75. The highest BCUT2D eigenvalue weighted by molar-refractivity contribution is 7.91. The molecule has 156 valence electrons. The fourth-order valence-electron chi connectivity index (χ4n) is 2.67. The van der Waals surface area contributed by atoms with Crippen molar-refractivity contribution in [1.29, 1.82) is 0 Å². The summed E-state index contributed by atoms with van der Waals surface area (Å²) in [5.74, 6) is -0.0820. The molecule has 1 N–H and O–H groups in total. The lowest BCUT2D eigenvalue weighted by Crippen LogP contribution is -2.11. The predicted molar refractivity (Wildman–Crippen MR) is 104 cm³/mol. The van der Waals surface area contributed by atoms with Gasteiger partial charge in [0.2, 0.25) is 5.95 Å². The number of halogens is 3. The van der Waals surface area contributed by atoms with Crippen LogP contribution in [0.2, 0.25) is 0 Å². The van der Waals surface area contributed by atoms with E-state index in [4.69, 9.17) is 0 Å². The molecule has 0 radical (unpaired) electrons. The molecule has 0 aliphatic heterocycles. The van der Waals surface area contributed by atoms with E-state index in [9.17, 15) is 21.6 Å². The van der Waals surface area contributed by atoms with Crippen molar-refractivity contribution in [2.75, 3.05) is 11.1 Å². The Labute approximate surface area is 167 Å². The van der Waals surface area contributed by atoms with Gasteiger partial charge in [0, 0.05) is 32.1 Å². The van der Waals surface area contributed by atoms with Crippen LogP contribution in [0, 0.1) is 6.92 Å². The minimum absolute atomic E-state index is 0. The summed E-state index contributed by atoms with van der Waals surface area (Å²) in [6, 6.07) is 4.45. The monoisotopic (exact) mass is 427 g/mol. The molecule has 0 aliphatic rings. The Morgan fingerprint density at radius 3 is 2.52 bits per heavy atom. The van der Waals surface area contributed by atoms with Gasteiger partial charge >= 0.3 is 6.18 Å². The van der Waals surface area contributed by atoms with Crippen LogP contribution in [0.5, 0.6) is 0 Å². The minimum atomic E-state index is -4.63. The molecule has 2 aromatic heterocycles. The van der Waals surface area contributed by atoms with Gasteiger partial charge in [-0.3, -0.25) is 4.68 Å². The van der Waals surface area contributed by atoms with Crippen molar-refractivity contribution >= 4 is 21.5 Å². The van der Waals surface area contributed by atoms with Crippen LogP contribution in [0.3, 0.4) is 0 Å². The first kappa shape index (κ1) is 20.8. The number of sulfone groups is 1. The largest absolute Gasteiger partial charge is 0.419 e. The van der Waals surface area contributed by atoms with Crippen LogP contribution >= 0.6 is 0 Å². The summed E-state index contributed by atoms with van der Waals surface area (Å²) in [4.78, 5) is 7.98. The number of nitrogens with one attached hydrogen (secondary N) is 1. The molecule has 29 heavy (non-hydrogen) atoms. The third-order valence-electron chi connectivity index (χ3n) is 4.26. The number of nitrogens with zero attached hydrogens (tertiary/aromatic N) is 4. The maximum absolute atomic E-state index is 13.4. The van der Waals surface area contributed by atoms with Gasteiger partial charge in [0.25, 0.3) is 0 Å². The number of alkyl halides is 3. The molecule has 0 fully saturated rings. The maximum atomic E-state index is 13.4. The van der Waals surface area contributed by atoms with Crippen molar-refractivity contribution in [2.45, 2.75) is 24.9 Å². The molecule has 0 saturated carbocycles. The van der Waals surface area contributed by atoms with Gasteiger partial charge in [0.15, 0.2) is 9.84 Å². The highest BCUT2D eigenvalue weighted by atomic mass is 32.2. The van der Waals surface area contributed by atoms with Crippen LogP contribution in [0.25, 0.3) is 11.3 Å². The van der Waals surface area contributed by atoms with Crippen molar-refractivity contribution in [1.82, 2.24) is 19.7 Å². The quantitative estimate of drug-likeness (QED) is 0.662. The first-order valence-corrected chi connectivity index (χ1v) is 10.2. The smallest absolute Gasteiger partial charge is 0.324 e. The second-order valence-corrected chi connectivity index (χ2v) is 8.64. The van der Waals surface area contributed by atoms with Gasteiger partial charge in [-0.2, -0.15) is 18.3 Å². The zero-order valence-electron chi connectivity index (χ0n) is 15.8. The van der Waals surface area contributed by atoms with Crippen LogP contribution in [-0.2, 0) is 23.1 Å². The van der Waals surface area contributed by atoms with Gasteiger partial charge in [-0.25, -0.2) is 18.4 Å². The van der Waals surface area contributed by atoms with E-state index in [-0.39, 0.29) is 29.3 Å². The molecule has 3 rings (SSSR count). The Balaban J connectivity index is 0.00000320. The second-order valence-electron chi connectivity index (χ2n) is 6.36. The number of rotatable bonds is 5. The van der Waals surface area contributed by atoms with Crippen LogP contribution < -0.4 is 5.32 Å². The lowest BCUT2D eigenvalue weighted by molar-refractivity contribution is -0.137. The average Bonchev–Trinajstić information content (AvgIpc) is 3.08. The summed E-state index contributed by atoms with van der Waals surface area (Å²) >= 11 is 0. The summed E-state index contributed by atoms with van der Waals surface area (Å²) < 4.78 is 65.5. The zero-order chi connectivity index (χ0) is 21.4. The highest BCUT2D eigenvalue weighted by Crippen LogP contribution is 2.36. The van der Waals surface area contributed by atoms with E-state index in [1.54, 1.807) is 20.9 Å². The molecular weight excluding hydrogens is 407 g/mol. The van der Waals surface area contributed by atoms with E-state index in [1.807, 2.05) is 0 Å². The van der Waals surface area contributed by atoms with Crippen LogP contribution in [0.1, 0.15) is 19.5 Å². The number of aryl methyl sites for hydroxylation is 2. The Bertz CT molecular complexity index is 1160. The lowest BCUT2D eigenvalue weighted by atomic mass is 10.1. The molecule has 0 spiro atoms. The number of aromatic nitrogens is 4. The molecule has 7 nitrogen and oxygen atoms in total. The number of hydrogen-bond acceptors (Lipinski definition) is 6. The molecule has 2 heterocycles. The van der Waals surface area contributed by atoms with Crippen LogP contribution in [0.4, 0.5) is 24.8 Å². The van der Waals surface area contributed by atoms with Crippen molar-refractivity contribution in [3.05, 3.63) is 47.9 Å². The summed E-state index contributed by atoms with van der Waals surface area (Å²) in [6.07, 6.45) is -1.20. The third-order valence-corrected chi connectivity index (χ3v) is 5.99. The molecule has 0 unspecified atom stereocenters. The van der Waals surface area contributed by atoms with Crippen molar-refractivity contribution in [2.24, 2.45) is 7.05 Å². The average molecular weight is 427 g/mol. The second kappa shape index (κ2) is 7.47. The standard InChI is InChI=1S/C18H18F3N5O2S.H2/c1-4-29(27,28)13-5-6-15(11(2)7-13)24-17-22-9-14(18(19,20)21)16(25-17)12-8-23-26(3)10-12;/h5-10H,4H2,1-3H3,(H,22,24,25);1H. The van der Waals surface area contributed by atoms with Crippen LogP contribution in [0.15, 0.2) is 41.7 Å². The predicted octanol–water partition coefficient (Wildman–Crippen LogP) is 3.99.